The Morgan fingerprint density at radius 2 is 1.94 bits per heavy atom. The number of benzene rings is 1. The molecule has 2 aromatic rings. The van der Waals surface area contributed by atoms with Crippen LogP contribution < -0.4 is 5.73 Å². The molecule has 2 rings (SSSR count). The van der Waals surface area contributed by atoms with Gasteiger partial charge in [0.1, 0.15) is 5.82 Å². The van der Waals surface area contributed by atoms with Crippen LogP contribution in [0, 0.1) is 0 Å². The summed E-state index contributed by atoms with van der Waals surface area (Å²) in [6, 6.07) is 8.18. The molecule has 1 unspecified atom stereocenters. The van der Waals surface area contributed by atoms with Gasteiger partial charge < -0.3 is 10.5 Å². The van der Waals surface area contributed by atoms with E-state index in [9.17, 15) is 0 Å². The predicted octanol–water partition coefficient (Wildman–Crippen LogP) is 2.38. The van der Waals surface area contributed by atoms with Gasteiger partial charge in [0.15, 0.2) is 0 Å². The minimum Gasteiger partial charge on any atom is -0.383 e. The lowest BCUT2D eigenvalue weighted by Crippen LogP contribution is -1.98. The third-order valence-corrected chi connectivity index (χ3v) is 3.03. The Bertz CT molecular complexity index is 502. The normalized spacial score (nSPS) is 12.6. The Morgan fingerprint density at radius 3 is 2.41 bits per heavy atom. The lowest BCUT2D eigenvalue weighted by molar-refractivity contribution is 0.119. The molecule has 0 aliphatic heterocycles. The standard InChI is InChI=1S/C13H17N3O/c1-9(17-3)10-4-6-11(7-5-10)12-8-15-16(2)13(12)14/h4-9H,14H2,1-3H3. The first-order valence-electron chi connectivity index (χ1n) is 5.54. The number of nitrogens with two attached hydrogens (primary N) is 1. The number of nitrogens with zero attached hydrogens (tertiary/aromatic N) is 2. The number of anilines is 1. The molecule has 1 atom stereocenters. The van der Waals surface area contributed by atoms with Gasteiger partial charge in [0, 0.05) is 19.7 Å². The average molecular weight is 231 g/mol. The number of methoxy groups -OCH3 is 1. The summed E-state index contributed by atoms with van der Waals surface area (Å²) in [4.78, 5) is 0. The van der Waals surface area contributed by atoms with E-state index >= 15 is 0 Å². The van der Waals surface area contributed by atoms with Crippen LogP contribution in [-0.2, 0) is 11.8 Å². The topological polar surface area (TPSA) is 53.1 Å². The van der Waals surface area contributed by atoms with Crippen molar-refractivity contribution < 1.29 is 4.74 Å². The van der Waals surface area contributed by atoms with Crippen LogP contribution in [0.3, 0.4) is 0 Å². The summed E-state index contributed by atoms with van der Waals surface area (Å²) < 4.78 is 6.94. The van der Waals surface area contributed by atoms with E-state index in [4.69, 9.17) is 10.5 Å². The van der Waals surface area contributed by atoms with Gasteiger partial charge in [-0.3, -0.25) is 4.68 Å². The molecule has 0 fully saturated rings. The van der Waals surface area contributed by atoms with Gasteiger partial charge in [0.05, 0.1) is 12.3 Å². The Labute approximate surface area is 101 Å². The van der Waals surface area contributed by atoms with Crippen LogP contribution >= 0.6 is 0 Å². The number of ether oxygens (including phenoxy) is 1. The second-order valence-corrected chi connectivity index (χ2v) is 4.07. The second kappa shape index (κ2) is 4.59. The lowest BCUT2D eigenvalue weighted by atomic mass is 10.0. The first-order valence-corrected chi connectivity index (χ1v) is 5.54. The predicted molar refractivity (Wildman–Crippen MR) is 68.5 cm³/mol. The van der Waals surface area contributed by atoms with Crippen molar-refractivity contribution in [3.63, 3.8) is 0 Å². The van der Waals surface area contributed by atoms with E-state index < -0.39 is 0 Å². The number of nitrogen functional groups attached to an aromatic ring is 1. The number of aromatic nitrogens is 2. The summed E-state index contributed by atoms with van der Waals surface area (Å²) in [5.74, 6) is 0.678. The fourth-order valence-corrected chi connectivity index (χ4v) is 1.74. The Hall–Kier alpha value is -1.81. The molecular formula is C13H17N3O. The molecule has 0 saturated carbocycles. The molecule has 1 heterocycles. The number of aryl methyl sites for hydroxylation is 1. The van der Waals surface area contributed by atoms with Gasteiger partial charge in [0.2, 0.25) is 0 Å². The van der Waals surface area contributed by atoms with Gasteiger partial charge in [-0.2, -0.15) is 5.10 Å². The highest BCUT2D eigenvalue weighted by Crippen LogP contribution is 2.26. The number of hydrogen-bond donors (Lipinski definition) is 1. The van der Waals surface area contributed by atoms with Gasteiger partial charge in [-0.15, -0.1) is 0 Å². The molecule has 0 aliphatic carbocycles. The van der Waals surface area contributed by atoms with Gasteiger partial charge in [-0.1, -0.05) is 24.3 Å². The molecule has 1 aromatic heterocycles. The summed E-state index contributed by atoms with van der Waals surface area (Å²) in [6.45, 7) is 2.02. The second-order valence-electron chi connectivity index (χ2n) is 4.07. The molecule has 4 nitrogen and oxygen atoms in total. The van der Waals surface area contributed by atoms with Crippen molar-refractivity contribution in [2.45, 2.75) is 13.0 Å². The summed E-state index contributed by atoms with van der Waals surface area (Å²) in [7, 11) is 3.54. The zero-order chi connectivity index (χ0) is 12.4. The van der Waals surface area contributed by atoms with Gasteiger partial charge in [-0.25, -0.2) is 0 Å². The first-order chi connectivity index (χ1) is 8.13. The minimum atomic E-state index is 0.107. The first kappa shape index (κ1) is 11.7. The Balaban J connectivity index is 2.32. The molecule has 0 saturated heterocycles. The van der Waals surface area contributed by atoms with Crippen molar-refractivity contribution in [3.05, 3.63) is 36.0 Å². The quantitative estimate of drug-likeness (QED) is 0.882. The maximum Gasteiger partial charge on any atom is 0.129 e. The van der Waals surface area contributed by atoms with E-state index in [-0.39, 0.29) is 6.10 Å². The van der Waals surface area contributed by atoms with Crippen molar-refractivity contribution in [3.8, 4) is 11.1 Å². The molecule has 1 aromatic carbocycles. The highest BCUT2D eigenvalue weighted by molar-refractivity contribution is 5.73. The molecule has 0 radical (unpaired) electrons. The van der Waals surface area contributed by atoms with Crippen molar-refractivity contribution >= 4 is 5.82 Å². The smallest absolute Gasteiger partial charge is 0.129 e. The lowest BCUT2D eigenvalue weighted by Gasteiger charge is -2.10. The molecule has 17 heavy (non-hydrogen) atoms. The number of hydrogen-bond acceptors (Lipinski definition) is 3. The molecule has 90 valence electrons. The molecular weight excluding hydrogens is 214 g/mol. The van der Waals surface area contributed by atoms with Gasteiger partial charge >= 0.3 is 0 Å². The van der Waals surface area contributed by atoms with E-state index in [0.717, 1.165) is 16.7 Å². The summed E-state index contributed by atoms with van der Waals surface area (Å²) in [5, 5.41) is 4.13. The van der Waals surface area contributed by atoms with Crippen LogP contribution in [-0.4, -0.2) is 16.9 Å². The SMILES string of the molecule is COC(C)c1ccc(-c2cnn(C)c2N)cc1. The maximum absolute atomic E-state index is 5.93. The van der Waals surface area contributed by atoms with E-state index in [1.165, 1.54) is 0 Å². The van der Waals surface area contributed by atoms with Crippen LogP contribution in [0.5, 0.6) is 0 Å². The van der Waals surface area contributed by atoms with E-state index in [1.807, 2.05) is 26.1 Å². The highest BCUT2D eigenvalue weighted by atomic mass is 16.5. The molecule has 0 amide bonds. The molecule has 0 aliphatic rings. The third-order valence-electron chi connectivity index (χ3n) is 3.03. The van der Waals surface area contributed by atoms with Crippen LogP contribution in [0.15, 0.2) is 30.5 Å². The van der Waals surface area contributed by atoms with Crippen molar-refractivity contribution in [1.29, 1.82) is 0 Å². The van der Waals surface area contributed by atoms with Crippen molar-refractivity contribution in [2.24, 2.45) is 7.05 Å². The fraction of sp³-hybridized carbons (Fsp3) is 0.308. The summed E-state index contributed by atoms with van der Waals surface area (Å²) in [5.41, 5.74) is 9.12. The minimum absolute atomic E-state index is 0.107. The zero-order valence-electron chi connectivity index (χ0n) is 10.3. The fourth-order valence-electron chi connectivity index (χ4n) is 1.74. The van der Waals surface area contributed by atoms with Crippen LogP contribution in [0.1, 0.15) is 18.6 Å². The average Bonchev–Trinajstić information content (AvgIpc) is 2.69. The van der Waals surface area contributed by atoms with Crippen LogP contribution in [0.25, 0.3) is 11.1 Å². The van der Waals surface area contributed by atoms with Crippen molar-refractivity contribution in [2.75, 3.05) is 12.8 Å². The van der Waals surface area contributed by atoms with E-state index in [0.29, 0.717) is 5.82 Å². The Morgan fingerprint density at radius 1 is 1.29 bits per heavy atom. The van der Waals surface area contributed by atoms with Crippen LogP contribution in [0.4, 0.5) is 5.82 Å². The Kier molecular flexibility index (Phi) is 3.15. The van der Waals surface area contributed by atoms with Crippen LogP contribution in [0.2, 0.25) is 0 Å². The summed E-state index contributed by atoms with van der Waals surface area (Å²) >= 11 is 0. The third kappa shape index (κ3) is 2.17. The largest absolute Gasteiger partial charge is 0.383 e. The monoisotopic (exact) mass is 231 g/mol. The zero-order valence-corrected chi connectivity index (χ0v) is 10.3. The van der Waals surface area contributed by atoms with Gasteiger partial charge in [-0.05, 0) is 18.1 Å². The molecule has 0 spiro atoms. The molecule has 2 N–H and O–H groups in total. The van der Waals surface area contributed by atoms with E-state index in [1.54, 1.807) is 18.0 Å². The highest BCUT2D eigenvalue weighted by Gasteiger charge is 2.08. The van der Waals surface area contributed by atoms with E-state index in [2.05, 4.69) is 17.2 Å². The number of rotatable bonds is 3. The van der Waals surface area contributed by atoms with Gasteiger partial charge in [0.25, 0.3) is 0 Å². The molecule has 0 bridgehead atoms. The molecule has 4 heteroatoms. The summed E-state index contributed by atoms with van der Waals surface area (Å²) in [6.07, 6.45) is 1.89. The van der Waals surface area contributed by atoms with Crippen molar-refractivity contribution in [1.82, 2.24) is 9.78 Å². The maximum atomic E-state index is 5.93.